The molecular formula is C15H24N2O3. The van der Waals surface area contributed by atoms with Gasteiger partial charge in [0.1, 0.15) is 24.2 Å². The maximum atomic E-state index is 9.92. The number of ether oxygens (including phenoxy) is 2. The molecule has 2 rings (SSSR count). The molecule has 0 radical (unpaired) electrons. The SMILES string of the molecule is COc1cccc(OCC(O)CNN2CCCCC2)c1. The van der Waals surface area contributed by atoms with Crippen molar-refractivity contribution in [2.75, 3.05) is 33.4 Å². The third kappa shape index (κ3) is 5.00. The van der Waals surface area contributed by atoms with Gasteiger partial charge in [-0.15, -0.1) is 0 Å². The lowest BCUT2D eigenvalue weighted by Crippen LogP contribution is -2.46. The summed E-state index contributed by atoms with van der Waals surface area (Å²) >= 11 is 0. The lowest BCUT2D eigenvalue weighted by atomic mass is 10.2. The largest absolute Gasteiger partial charge is 0.497 e. The van der Waals surface area contributed by atoms with Crippen molar-refractivity contribution < 1.29 is 14.6 Å². The molecule has 1 heterocycles. The Morgan fingerprint density at radius 3 is 2.75 bits per heavy atom. The Balaban J connectivity index is 1.67. The van der Waals surface area contributed by atoms with E-state index in [0.717, 1.165) is 18.8 Å². The Morgan fingerprint density at radius 1 is 1.25 bits per heavy atom. The highest BCUT2D eigenvalue weighted by Gasteiger charge is 2.12. The molecule has 1 aliphatic heterocycles. The number of piperidine rings is 1. The Hall–Kier alpha value is -1.30. The second-order valence-corrected chi connectivity index (χ2v) is 5.05. The van der Waals surface area contributed by atoms with Crippen molar-refractivity contribution in [2.45, 2.75) is 25.4 Å². The van der Waals surface area contributed by atoms with Crippen LogP contribution in [0.25, 0.3) is 0 Å². The smallest absolute Gasteiger partial charge is 0.123 e. The average Bonchev–Trinajstić information content (AvgIpc) is 2.52. The van der Waals surface area contributed by atoms with Gasteiger partial charge in [-0.3, -0.25) is 5.43 Å². The number of benzene rings is 1. The Labute approximate surface area is 120 Å². The van der Waals surface area contributed by atoms with Gasteiger partial charge >= 0.3 is 0 Å². The minimum absolute atomic E-state index is 0.272. The molecule has 0 aliphatic carbocycles. The molecule has 5 nitrogen and oxygen atoms in total. The topological polar surface area (TPSA) is 54.0 Å². The minimum Gasteiger partial charge on any atom is -0.497 e. The van der Waals surface area contributed by atoms with Gasteiger partial charge in [0.15, 0.2) is 0 Å². The van der Waals surface area contributed by atoms with Crippen LogP contribution in [0.15, 0.2) is 24.3 Å². The number of hydrazine groups is 1. The molecule has 1 aromatic carbocycles. The van der Waals surface area contributed by atoms with E-state index in [2.05, 4.69) is 10.4 Å². The predicted molar refractivity (Wildman–Crippen MR) is 77.9 cm³/mol. The maximum absolute atomic E-state index is 9.92. The van der Waals surface area contributed by atoms with Crippen LogP contribution in [0.4, 0.5) is 0 Å². The van der Waals surface area contributed by atoms with E-state index < -0.39 is 6.10 Å². The summed E-state index contributed by atoms with van der Waals surface area (Å²) in [6.45, 7) is 2.91. The van der Waals surface area contributed by atoms with Crippen LogP contribution in [-0.4, -0.2) is 49.6 Å². The fourth-order valence-electron chi connectivity index (χ4n) is 2.23. The zero-order valence-electron chi connectivity index (χ0n) is 12.0. The number of rotatable bonds is 7. The number of nitrogens with zero attached hydrogens (tertiary/aromatic N) is 1. The van der Waals surface area contributed by atoms with Gasteiger partial charge in [-0.2, -0.15) is 0 Å². The fraction of sp³-hybridized carbons (Fsp3) is 0.600. The average molecular weight is 280 g/mol. The lowest BCUT2D eigenvalue weighted by molar-refractivity contribution is 0.0683. The summed E-state index contributed by atoms with van der Waals surface area (Å²) in [5.41, 5.74) is 3.26. The molecule has 0 spiro atoms. The molecule has 1 unspecified atom stereocenters. The second-order valence-electron chi connectivity index (χ2n) is 5.05. The highest BCUT2D eigenvalue weighted by molar-refractivity contribution is 5.32. The molecule has 0 bridgehead atoms. The molecule has 1 aliphatic rings. The number of hydrogen-bond donors (Lipinski definition) is 2. The number of nitrogens with one attached hydrogen (secondary N) is 1. The van der Waals surface area contributed by atoms with Gasteiger partial charge in [-0.05, 0) is 25.0 Å². The molecule has 1 atom stereocenters. The fourth-order valence-corrected chi connectivity index (χ4v) is 2.23. The van der Waals surface area contributed by atoms with Crippen molar-refractivity contribution in [3.63, 3.8) is 0 Å². The predicted octanol–water partition coefficient (Wildman–Crippen LogP) is 1.43. The summed E-state index contributed by atoms with van der Waals surface area (Å²) in [5, 5.41) is 12.1. The first kappa shape index (κ1) is 15.1. The van der Waals surface area contributed by atoms with Crippen molar-refractivity contribution in [1.82, 2.24) is 10.4 Å². The molecule has 1 fully saturated rings. The van der Waals surface area contributed by atoms with E-state index in [9.17, 15) is 5.11 Å². The highest BCUT2D eigenvalue weighted by Crippen LogP contribution is 2.18. The molecule has 112 valence electrons. The number of aliphatic hydroxyl groups is 1. The van der Waals surface area contributed by atoms with E-state index in [1.165, 1.54) is 19.3 Å². The summed E-state index contributed by atoms with van der Waals surface area (Å²) in [6.07, 6.45) is 3.23. The zero-order valence-corrected chi connectivity index (χ0v) is 12.0. The van der Waals surface area contributed by atoms with E-state index in [1.54, 1.807) is 7.11 Å². The van der Waals surface area contributed by atoms with Crippen molar-refractivity contribution in [2.24, 2.45) is 0 Å². The summed E-state index contributed by atoms with van der Waals surface area (Å²) < 4.78 is 10.7. The summed E-state index contributed by atoms with van der Waals surface area (Å²) in [6, 6.07) is 7.39. The van der Waals surface area contributed by atoms with Crippen molar-refractivity contribution in [3.8, 4) is 11.5 Å². The molecule has 0 saturated carbocycles. The molecule has 5 heteroatoms. The highest BCUT2D eigenvalue weighted by atomic mass is 16.5. The lowest BCUT2D eigenvalue weighted by Gasteiger charge is -2.28. The Kier molecular flexibility index (Phi) is 6.11. The number of aliphatic hydroxyl groups excluding tert-OH is 1. The standard InChI is InChI=1S/C15H24N2O3/c1-19-14-6-5-7-15(10-14)20-12-13(18)11-16-17-8-3-2-4-9-17/h5-7,10,13,16,18H,2-4,8-9,11-12H2,1H3. The number of methoxy groups -OCH3 is 1. The van der Waals surface area contributed by atoms with Crippen LogP contribution in [0.5, 0.6) is 11.5 Å². The maximum Gasteiger partial charge on any atom is 0.123 e. The molecule has 2 N–H and O–H groups in total. The molecule has 0 amide bonds. The van der Waals surface area contributed by atoms with Crippen LogP contribution in [0, 0.1) is 0 Å². The van der Waals surface area contributed by atoms with Crippen LogP contribution in [-0.2, 0) is 0 Å². The first-order valence-corrected chi connectivity index (χ1v) is 7.21. The molecule has 1 aromatic rings. The van der Waals surface area contributed by atoms with Crippen molar-refractivity contribution in [1.29, 1.82) is 0 Å². The quantitative estimate of drug-likeness (QED) is 0.791. The monoisotopic (exact) mass is 280 g/mol. The third-order valence-electron chi connectivity index (χ3n) is 3.39. The number of hydrogen-bond acceptors (Lipinski definition) is 5. The zero-order chi connectivity index (χ0) is 14.2. The van der Waals surface area contributed by atoms with Crippen LogP contribution in [0.3, 0.4) is 0 Å². The van der Waals surface area contributed by atoms with Crippen LogP contribution < -0.4 is 14.9 Å². The molecule has 20 heavy (non-hydrogen) atoms. The summed E-state index contributed by atoms with van der Waals surface area (Å²) in [4.78, 5) is 0. The van der Waals surface area contributed by atoms with Gasteiger partial charge in [0, 0.05) is 25.7 Å². The third-order valence-corrected chi connectivity index (χ3v) is 3.39. The molecule has 1 saturated heterocycles. The Bertz CT molecular complexity index is 394. The van der Waals surface area contributed by atoms with Gasteiger partial charge in [-0.1, -0.05) is 12.5 Å². The van der Waals surface area contributed by atoms with Gasteiger partial charge in [-0.25, -0.2) is 5.01 Å². The first-order chi connectivity index (χ1) is 9.78. The molecule has 0 aromatic heterocycles. The van der Waals surface area contributed by atoms with Crippen LogP contribution in [0.2, 0.25) is 0 Å². The van der Waals surface area contributed by atoms with Crippen LogP contribution in [0.1, 0.15) is 19.3 Å². The van der Waals surface area contributed by atoms with E-state index >= 15 is 0 Å². The van der Waals surface area contributed by atoms with Crippen molar-refractivity contribution >= 4 is 0 Å². The van der Waals surface area contributed by atoms with E-state index in [0.29, 0.717) is 12.3 Å². The summed E-state index contributed by atoms with van der Waals surface area (Å²) in [7, 11) is 1.62. The molecular weight excluding hydrogens is 256 g/mol. The van der Waals surface area contributed by atoms with E-state index in [-0.39, 0.29) is 6.61 Å². The van der Waals surface area contributed by atoms with E-state index in [1.807, 2.05) is 24.3 Å². The summed E-state index contributed by atoms with van der Waals surface area (Å²) in [5.74, 6) is 1.46. The van der Waals surface area contributed by atoms with Crippen LogP contribution >= 0.6 is 0 Å². The van der Waals surface area contributed by atoms with Gasteiger partial charge in [0.2, 0.25) is 0 Å². The Morgan fingerprint density at radius 2 is 2.00 bits per heavy atom. The van der Waals surface area contributed by atoms with Crippen molar-refractivity contribution in [3.05, 3.63) is 24.3 Å². The minimum atomic E-state index is -0.525. The van der Waals surface area contributed by atoms with Gasteiger partial charge < -0.3 is 14.6 Å². The first-order valence-electron chi connectivity index (χ1n) is 7.21. The second kappa shape index (κ2) is 8.09. The normalized spacial score (nSPS) is 17.7. The van der Waals surface area contributed by atoms with Gasteiger partial charge in [0.25, 0.3) is 0 Å². The van der Waals surface area contributed by atoms with E-state index in [4.69, 9.17) is 9.47 Å². The van der Waals surface area contributed by atoms with Gasteiger partial charge in [0.05, 0.1) is 7.11 Å².